The summed E-state index contributed by atoms with van der Waals surface area (Å²) in [6.07, 6.45) is 1.26. The minimum absolute atomic E-state index is 0.0277. The molecule has 0 saturated heterocycles. The van der Waals surface area contributed by atoms with Gasteiger partial charge >= 0.3 is 0 Å². The molecule has 152 valence electrons. The van der Waals surface area contributed by atoms with Crippen LogP contribution >= 0.6 is 45.2 Å². The van der Waals surface area contributed by atoms with Crippen molar-refractivity contribution in [2.24, 2.45) is 11.8 Å². The van der Waals surface area contributed by atoms with E-state index >= 15 is 0 Å². The van der Waals surface area contributed by atoms with Crippen LogP contribution in [0, 0.1) is 19.0 Å². The zero-order valence-corrected chi connectivity index (χ0v) is 20.4. The number of ketones is 2. The lowest BCUT2D eigenvalue weighted by Gasteiger charge is -2.10. The fourth-order valence-corrected chi connectivity index (χ4v) is 3.29. The second-order valence-corrected chi connectivity index (χ2v) is 9.16. The van der Waals surface area contributed by atoms with Crippen LogP contribution in [0.1, 0.15) is 25.0 Å². The van der Waals surface area contributed by atoms with E-state index in [1.54, 1.807) is 0 Å². The third kappa shape index (κ3) is 9.58. The molecule has 0 aliphatic rings. The van der Waals surface area contributed by atoms with E-state index in [4.69, 9.17) is 10.2 Å². The number of rotatable bonds is 8. The molecule has 0 radical (unpaired) electrons. The number of carbonyl (C=O) groups is 2. The third-order valence-corrected chi connectivity index (χ3v) is 5.73. The van der Waals surface area contributed by atoms with Crippen molar-refractivity contribution in [2.45, 2.75) is 26.7 Å². The normalized spacial score (nSPS) is 10.6. The van der Waals surface area contributed by atoms with Crippen molar-refractivity contribution in [2.75, 3.05) is 13.2 Å². The van der Waals surface area contributed by atoms with Crippen molar-refractivity contribution in [3.05, 3.63) is 66.8 Å². The molecule has 0 spiro atoms. The Labute approximate surface area is 194 Å². The molecule has 0 atom stereocenters. The van der Waals surface area contributed by atoms with Crippen molar-refractivity contribution in [3.63, 3.8) is 0 Å². The van der Waals surface area contributed by atoms with Crippen LogP contribution in [0.5, 0.6) is 0 Å². The van der Waals surface area contributed by atoms with Gasteiger partial charge in [-0.3, -0.25) is 9.59 Å². The van der Waals surface area contributed by atoms with Gasteiger partial charge in [0.15, 0.2) is 0 Å². The lowest BCUT2D eigenvalue weighted by Crippen LogP contribution is -2.21. The molecule has 0 aromatic heterocycles. The summed E-state index contributed by atoms with van der Waals surface area (Å²) in [5.74, 6) is -0.618. The van der Waals surface area contributed by atoms with Crippen LogP contribution in [0.4, 0.5) is 0 Å². The number of Topliss-reactive ketones (excluding diaryl/α,β-unsaturated/α-hetero) is 2. The molecule has 2 rings (SSSR count). The van der Waals surface area contributed by atoms with Gasteiger partial charge in [-0.05, 0) is 107 Å². The van der Waals surface area contributed by atoms with E-state index in [0.29, 0.717) is 6.42 Å². The molecule has 2 aromatic carbocycles. The van der Waals surface area contributed by atoms with Crippen LogP contribution in [-0.2, 0) is 22.4 Å². The maximum atomic E-state index is 11.2. The van der Waals surface area contributed by atoms with Crippen LogP contribution in [0.2, 0.25) is 0 Å². The maximum Gasteiger partial charge on any atom is 0.140 e. The molecule has 0 bridgehead atoms. The van der Waals surface area contributed by atoms with Gasteiger partial charge in [-0.15, -0.1) is 0 Å². The monoisotopic (exact) mass is 608 g/mol. The fraction of sp³-hybridized carbons (Fsp3) is 0.364. The second-order valence-electron chi connectivity index (χ2n) is 6.67. The number of carbonyl (C=O) groups excluding carboxylic acids is 2. The molecule has 0 saturated carbocycles. The molecule has 0 aliphatic carbocycles. The molecule has 4 nitrogen and oxygen atoms in total. The summed E-state index contributed by atoms with van der Waals surface area (Å²) < 4.78 is 2.35. The molecule has 6 heteroatoms. The molecule has 0 heterocycles. The summed E-state index contributed by atoms with van der Waals surface area (Å²) in [6, 6.07) is 16.0. The average Bonchev–Trinajstić information content (AvgIpc) is 2.67. The minimum atomic E-state index is -0.481. The highest BCUT2D eigenvalue weighted by atomic mass is 127. The summed E-state index contributed by atoms with van der Waals surface area (Å²) in [5, 5.41) is 17.8. The molecule has 2 aromatic rings. The Morgan fingerprint density at radius 3 is 1.43 bits per heavy atom. The van der Waals surface area contributed by atoms with E-state index in [-0.39, 0.29) is 30.7 Å². The molecule has 28 heavy (non-hydrogen) atoms. The first-order valence-corrected chi connectivity index (χ1v) is 11.1. The van der Waals surface area contributed by atoms with Crippen molar-refractivity contribution >= 4 is 56.7 Å². The molecular formula is C22H26I2O4. The molecule has 0 fully saturated rings. The van der Waals surface area contributed by atoms with Crippen LogP contribution in [-0.4, -0.2) is 35.0 Å². The molecule has 0 amide bonds. The Morgan fingerprint density at radius 2 is 1.11 bits per heavy atom. The van der Waals surface area contributed by atoms with Gasteiger partial charge < -0.3 is 10.2 Å². The second kappa shape index (κ2) is 13.4. The highest BCUT2D eigenvalue weighted by molar-refractivity contribution is 14.1. The number of hydrogen-bond acceptors (Lipinski definition) is 4. The van der Waals surface area contributed by atoms with Gasteiger partial charge in [-0.2, -0.15) is 0 Å². The lowest BCUT2D eigenvalue weighted by atomic mass is 9.93. The van der Waals surface area contributed by atoms with E-state index in [2.05, 4.69) is 45.2 Å². The minimum Gasteiger partial charge on any atom is -0.396 e. The zero-order chi connectivity index (χ0) is 21.1. The summed E-state index contributed by atoms with van der Waals surface area (Å²) >= 11 is 4.47. The Balaban J connectivity index is 0.000000283. The first kappa shape index (κ1) is 25.2. The van der Waals surface area contributed by atoms with E-state index in [0.717, 1.165) is 21.1 Å². The van der Waals surface area contributed by atoms with Crippen molar-refractivity contribution < 1.29 is 19.8 Å². The predicted octanol–water partition coefficient (Wildman–Crippen LogP) is 4.06. The van der Waals surface area contributed by atoms with E-state index < -0.39 is 5.92 Å². The zero-order valence-electron chi connectivity index (χ0n) is 16.1. The predicted molar refractivity (Wildman–Crippen MR) is 128 cm³/mol. The topological polar surface area (TPSA) is 74.6 Å². The van der Waals surface area contributed by atoms with Crippen molar-refractivity contribution in [1.29, 1.82) is 0 Å². The largest absolute Gasteiger partial charge is 0.396 e. The maximum absolute atomic E-state index is 11.2. The summed E-state index contributed by atoms with van der Waals surface area (Å²) in [4.78, 5) is 22.5. The first-order chi connectivity index (χ1) is 13.3. The summed E-state index contributed by atoms with van der Waals surface area (Å²) in [5.41, 5.74) is 2.19. The highest BCUT2D eigenvalue weighted by Gasteiger charge is 2.19. The number of hydrogen-bond donors (Lipinski definition) is 2. The van der Waals surface area contributed by atoms with E-state index in [9.17, 15) is 9.59 Å². The quantitative estimate of drug-likeness (QED) is 0.351. The van der Waals surface area contributed by atoms with Gasteiger partial charge in [0.05, 0.1) is 5.92 Å². The Bertz CT molecular complexity index is 724. The van der Waals surface area contributed by atoms with E-state index in [1.165, 1.54) is 17.4 Å². The molecule has 0 unspecified atom stereocenters. The SMILES string of the molecule is CC(=O)C(Cc1ccc(I)cc1)C(C)=O.OCC(CO)Cc1ccc(I)cc1. The molecule has 2 N–H and O–H groups in total. The number of aliphatic hydroxyl groups is 2. The standard InChI is InChI=1S/C12H13IO2.C10H13IO2/c1-8(14)12(9(2)15)7-10-3-5-11(13)6-4-10;11-10-3-1-8(2-4-10)5-9(6-12)7-13/h3-6,12H,7H2,1-2H3;1-4,9,12-13H,5-7H2. The highest BCUT2D eigenvalue weighted by Crippen LogP contribution is 2.13. The number of benzene rings is 2. The van der Waals surface area contributed by atoms with Crippen LogP contribution < -0.4 is 0 Å². The Kier molecular flexibility index (Phi) is 12.1. The van der Waals surface area contributed by atoms with E-state index in [1.807, 2.05) is 48.5 Å². The van der Waals surface area contributed by atoms with Gasteiger partial charge in [0, 0.05) is 26.3 Å². The smallest absolute Gasteiger partial charge is 0.140 e. The van der Waals surface area contributed by atoms with Crippen LogP contribution in [0.25, 0.3) is 0 Å². The Morgan fingerprint density at radius 1 is 0.750 bits per heavy atom. The third-order valence-electron chi connectivity index (χ3n) is 4.29. The summed E-state index contributed by atoms with van der Waals surface area (Å²) in [6.45, 7) is 3.03. The van der Waals surface area contributed by atoms with Crippen molar-refractivity contribution in [1.82, 2.24) is 0 Å². The fourth-order valence-electron chi connectivity index (χ4n) is 2.57. The van der Waals surface area contributed by atoms with Gasteiger partial charge in [0.1, 0.15) is 11.6 Å². The Hall–Kier alpha value is -0.840. The van der Waals surface area contributed by atoms with Gasteiger partial charge in [0.2, 0.25) is 0 Å². The molecule has 0 aliphatic heterocycles. The van der Waals surface area contributed by atoms with Gasteiger partial charge in [-0.25, -0.2) is 0 Å². The average molecular weight is 608 g/mol. The number of aliphatic hydroxyl groups excluding tert-OH is 2. The molecular weight excluding hydrogens is 582 g/mol. The van der Waals surface area contributed by atoms with Crippen LogP contribution in [0.15, 0.2) is 48.5 Å². The van der Waals surface area contributed by atoms with Gasteiger partial charge in [-0.1, -0.05) is 24.3 Å². The first-order valence-electron chi connectivity index (χ1n) is 8.98. The number of halogens is 2. The van der Waals surface area contributed by atoms with Crippen LogP contribution in [0.3, 0.4) is 0 Å². The van der Waals surface area contributed by atoms with Gasteiger partial charge in [0.25, 0.3) is 0 Å². The van der Waals surface area contributed by atoms with Crippen molar-refractivity contribution in [3.8, 4) is 0 Å². The summed E-state index contributed by atoms with van der Waals surface area (Å²) in [7, 11) is 0. The lowest BCUT2D eigenvalue weighted by molar-refractivity contribution is -0.130.